The zero-order valence-electron chi connectivity index (χ0n) is 11.6. The number of benzene rings is 1. The SMILES string of the molecule is Cc1cc(NCC(C2CC2)C2CC2)c(Br)cc1[N+](=O)[O-]. The first-order valence-corrected chi connectivity index (χ1v) is 8.04. The van der Waals surface area contributed by atoms with Gasteiger partial charge >= 0.3 is 0 Å². The van der Waals surface area contributed by atoms with Crippen molar-refractivity contribution >= 4 is 27.3 Å². The van der Waals surface area contributed by atoms with Crippen LogP contribution in [0, 0.1) is 34.8 Å². The largest absolute Gasteiger partial charge is 0.384 e. The molecule has 1 aromatic carbocycles. The molecule has 0 saturated heterocycles. The fraction of sp³-hybridized carbons (Fsp3) is 0.600. The minimum absolute atomic E-state index is 0.170. The molecule has 0 spiro atoms. The van der Waals surface area contributed by atoms with Crippen LogP contribution in [0.1, 0.15) is 31.2 Å². The summed E-state index contributed by atoms with van der Waals surface area (Å²) in [6.45, 7) is 2.78. The highest BCUT2D eigenvalue weighted by atomic mass is 79.9. The fourth-order valence-electron chi connectivity index (χ4n) is 3.00. The molecular weight excluding hydrogens is 320 g/mol. The predicted octanol–water partition coefficient (Wildman–Crippen LogP) is 4.51. The van der Waals surface area contributed by atoms with Crippen LogP contribution in [0.5, 0.6) is 0 Å². The van der Waals surface area contributed by atoms with Gasteiger partial charge in [-0.2, -0.15) is 0 Å². The van der Waals surface area contributed by atoms with Crippen molar-refractivity contribution in [3.63, 3.8) is 0 Å². The molecule has 0 bridgehead atoms. The summed E-state index contributed by atoms with van der Waals surface area (Å²) in [5.41, 5.74) is 1.85. The third kappa shape index (κ3) is 2.97. The van der Waals surface area contributed by atoms with E-state index in [9.17, 15) is 10.1 Å². The number of nitro groups is 1. The van der Waals surface area contributed by atoms with Gasteiger partial charge in [0.2, 0.25) is 0 Å². The highest BCUT2D eigenvalue weighted by Gasteiger charge is 2.41. The maximum absolute atomic E-state index is 10.9. The van der Waals surface area contributed by atoms with Gasteiger partial charge in [0.1, 0.15) is 0 Å². The number of hydrogen-bond donors (Lipinski definition) is 1. The molecule has 108 valence electrons. The third-order valence-electron chi connectivity index (χ3n) is 4.47. The summed E-state index contributed by atoms with van der Waals surface area (Å²) in [5.74, 6) is 2.61. The van der Waals surface area contributed by atoms with Gasteiger partial charge in [-0.25, -0.2) is 0 Å². The van der Waals surface area contributed by atoms with E-state index < -0.39 is 0 Å². The summed E-state index contributed by atoms with van der Waals surface area (Å²) in [6.07, 6.45) is 5.51. The van der Waals surface area contributed by atoms with E-state index >= 15 is 0 Å². The van der Waals surface area contributed by atoms with Gasteiger partial charge in [-0.15, -0.1) is 0 Å². The number of aryl methyl sites for hydroxylation is 1. The van der Waals surface area contributed by atoms with Crippen molar-refractivity contribution in [2.75, 3.05) is 11.9 Å². The summed E-state index contributed by atoms with van der Waals surface area (Å²) in [6, 6.07) is 3.47. The van der Waals surface area contributed by atoms with Crippen molar-refractivity contribution in [3.05, 3.63) is 32.3 Å². The topological polar surface area (TPSA) is 55.2 Å². The first-order chi connectivity index (χ1) is 9.56. The van der Waals surface area contributed by atoms with Crippen LogP contribution in [0.4, 0.5) is 11.4 Å². The second-order valence-corrected chi connectivity index (χ2v) is 6.95. The Balaban J connectivity index is 1.70. The Morgan fingerprint density at radius 3 is 2.45 bits per heavy atom. The Bertz CT molecular complexity index is 527. The second-order valence-electron chi connectivity index (χ2n) is 6.10. The predicted molar refractivity (Wildman–Crippen MR) is 83.0 cm³/mol. The van der Waals surface area contributed by atoms with E-state index in [1.165, 1.54) is 25.7 Å². The van der Waals surface area contributed by atoms with Crippen molar-refractivity contribution in [2.24, 2.45) is 17.8 Å². The van der Waals surface area contributed by atoms with Gasteiger partial charge in [-0.3, -0.25) is 10.1 Å². The normalized spacial score (nSPS) is 18.4. The number of nitrogens with one attached hydrogen (secondary N) is 1. The van der Waals surface area contributed by atoms with E-state index in [1.807, 2.05) is 6.07 Å². The molecule has 0 atom stereocenters. The molecule has 0 unspecified atom stereocenters. The van der Waals surface area contributed by atoms with E-state index in [1.54, 1.807) is 13.0 Å². The molecule has 0 radical (unpaired) electrons. The van der Waals surface area contributed by atoms with E-state index in [2.05, 4.69) is 21.2 Å². The van der Waals surface area contributed by atoms with Gasteiger partial charge in [0, 0.05) is 28.3 Å². The first-order valence-electron chi connectivity index (χ1n) is 7.24. The average molecular weight is 339 g/mol. The van der Waals surface area contributed by atoms with Gasteiger partial charge in [-0.05, 0) is 72.4 Å². The van der Waals surface area contributed by atoms with E-state index in [-0.39, 0.29) is 10.6 Å². The minimum atomic E-state index is -0.332. The maximum Gasteiger partial charge on any atom is 0.273 e. The summed E-state index contributed by atoms with van der Waals surface area (Å²) in [5, 5.41) is 14.4. The van der Waals surface area contributed by atoms with Gasteiger partial charge in [0.15, 0.2) is 0 Å². The van der Waals surface area contributed by atoms with Crippen LogP contribution < -0.4 is 5.32 Å². The maximum atomic E-state index is 10.9. The standard InChI is InChI=1S/C15H19BrN2O2/c1-9-6-14(13(16)7-15(9)18(19)20)17-8-12(10-2-3-10)11-4-5-11/h6-7,10-12,17H,2-5,8H2,1H3. The summed E-state index contributed by atoms with van der Waals surface area (Å²) in [4.78, 5) is 10.6. The lowest BCUT2D eigenvalue weighted by Gasteiger charge is -2.18. The Labute approximate surface area is 127 Å². The van der Waals surface area contributed by atoms with Crippen LogP contribution in [-0.4, -0.2) is 11.5 Å². The zero-order chi connectivity index (χ0) is 14.3. The summed E-state index contributed by atoms with van der Waals surface area (Å²) < 4.78 is 0.778. The highest BCUT2D eigenvalue weighted by molar-refractivity contribution is 9.10. The lowest BCUT2D eigenvalue weighted by molar-refractivity contribution is -0.385. The molecule has 1 N–H and O–H groups in total. The molecule has 3 rings (SSSR count). The molecule has 2 aliphatic rings. The Kier molecular flexibility index (Phi) is 3.71. The monoisotopic (exact) mass is 338 g/mol. The van der Waals surface area contributed by atoms with Crippen LogP contribution in [0.15, 0.2) is 16.6 Å². The number of anilines is 1. The smallest absolute Gasteiger partial charge is 0.273 e. The molecule has 0 aromatic heterocycles. The minimum Gasteiger partial charge on any atom is -0.384 e. The number of halogens is 1. The van der Waals surface area contributed by atoms with E-state index in [0.29, 0.717) is 5.56 Å². The molecule has 5 heteroatoms. The third-order valence-corrected chi connectivity index (χ3v) is 5.12. The van der Waals surface area contributed by atoms with Gasteiger partial charge in [-0.1, -0.05) is 0 Å². The van der Waals surface area contributed by atoms with Crippen molar-refractivity contribution in [3.8, 4) is 0 Å². The second kappa shape index (κ2) is 5.35. The number of rotatable bonds is 6. The highest BCUT2D eigenvalue weighted by Crippen LogP contribution is 2.49. The van der Waals surface area contributed by atoms with E-state index in [4.69, 9.17) is 0 Å². The van der Waals surface area contributed by atoms with E-state index in [0.717, 1.165) is 34.5 Å². The number of hydrogen-bond acceptors (Lipinski definition) is 3. The Hall–Kier alpha value is -1.10. The summed E-state index contributed by atoms with van der Waals surface area (Å²) >= 11 is 3.44. The lowest BCUT2D eigenvalue weighted by atomic mass is 9.98. The van der Waals surface area contributed by atoms with Crippen molar-refractivity contribution in [1.29, 1.82) is 0 Å². The molecule has 0 aliphatic heterocycles. The van der Waals surface area contributed by atoms with Gasteiger partial charge < -0.3 is 5.32 Å². The molecule has 20 heavy (non-hydrogen) atoms. The van der Waals surface area contributed by atoms with Crippen molar-refractivity contribution < 1.29 is 4.92 Å². The Morgan fingerprint density at radius 1 is 1.35 bits per heavy atom. The fourth-order valence-corrected chi connectivity index (χ4v) is 3.47. The van der Waals surface area contributed by atoms with Crippen LogP contribution >= 0.6 is 15.9 Å². The molecule has 0 amide bonds. The lowest BCUT2D eigenvalue weighted by Crippen LogP contribution is -2.18. The van der Waals surface area contributed by atoms with Crippen LogP contribution in [0.25, 0.3) is 0 Å². The van der Waals surface area contributed by atoms with Crippen molar-refractivity contribution in [2.45, 2.75) is 32.6 Å². The molecule has 1 aromatic rings. The summed E-state index contributed by atoms with van der Waals surface area (Å²) in [7, 11) is 0. The van der Waals surface area contributed by atoms with Crippen LogP contribution in [0.2, 0.25) is 0 Å². The van der Waals surface area contributed by atoms with Gasteiger partial charge in [0.05, 0.1) is 4.92 Å². The molecular formula is C15H19BrN2O2. The Morgan fingerprint density at radius 2 is 1.95 bits per heavy atom. The van der Waals surface area contributed by atoms with Crippen LogP contribution in [-0.2, 0) is 0 Å². The molecule has 2 aliphatic carbocycles. The molecule has 4 nitrogen and oxygen atoms in total. The quantitative estimate of drug-likeness (QED) is 0.613. The molecule has 2 fully saturated rings. The molecule has 2 saturated carbocycles. The first kappa shape index (κ1) is 13.9. The number of nitro benzene ring substituents is 1. The van der Waals surface area contributed by atoms with Crippen molar-refractivity contribution in [1.82, 2.24) is 0 Å². The zero-order valence-corrected chi connectivity index (χ0v) is 13.1. The average Bonchev–Trinajstić information content (AvgIpc) is 3.25. The van der Waals surface area contributed by atoms with Crippen LogP contribution in [0.3, 0.4) is 0 Å². The molecule has 0 heterocycles. The van der Waals surface area contributed by atoms with Gasteiger partial charge in [0.25, 0.3) is 5.69 Å². The number of nitrogens with zero attached hydrogens (tertiary/aromatic N) is 1.